The van der Waals surface area contributed by atoms with Crippen LogP contribution in [0.1, 0.15) is 17.0 Å². The monoisotopic (exact) mass is 486 g/mol. The highest BCUT2D eigenvalue weighted by atomic mass is 79.9. The van der Waals surface area contributed by atoms with Gasteiger partial charge in [0.15, 0.2) is 11.0 Å². The van der Waals surface area contributed by atoms with Gasteiger partial charge in [-0.15, -0.1) is 16.8 Å². The number of ether oxygens (including phenoxy) is 1. The Morgan fingerprint density at radius 3 is 2.63 bits per heavy atom. The van der Waals surface area contributed by atoms with Crippen molar-refractivity contribution in [3.63, 3.8) is 0 Å². The molecule has 30 heavy (non-hydrogen) atoms. The number of allylic oxidation sites excluding steroid dienone is 1. The molecule has 0 fully saturated rings. The third kappa shape index (κ3) is 5.96. The number of aromatic nitrogens is 3. The summed E-state index contributed by atoms with van der Waals surface area (Å²) in [5.74, 6) is 1.55. The summed E-state index contributed by atoms with van der Waals surface area (Å²) in [6, 6.07) is 13.6. The van der Waals surface area contributed by atoms with Crippen molar-refractivity contribution in [3.8, 4) is 5.75 Å². The molecule has 0 aliphatic heterocycles. The zero-order valence-corrected chi connectivity index (χ0v) is 19.3. The van der Waals surface area contributed by atoms with Crippen LogP contribution in [0.4, 0.5) is 5.69 Å². The molecule has 3 rings (SSSR count). The minimum atomic E-state index is -0.116. The minimum absolute atomic E-state index is 0.116. The molecule has 156 valence electrons. The summed E-state index contributed by atoms with van der Waals surface area (Å²) < 4.78 is 8.58. The quantitative estimate of drug-likeness (QED) is 0.334. The Morgan fingerprint density at radius 2 is 1.93 bits per heavy atom. The molecule has 6 nitrogen and oxygen atoms in total. The Hall–Kier alpha value is -2.58. The molecule has 3 aromatic rings. The zero-order chi connectivity index (χ0) is 21.5. The van der Waals surface area contributed by atoms with Gasteiger partial charge in [-0.1, -0.05) is 41.6 Å². The van der Waals surface area contributed by atoms with Gasteiger partial charge in [0.05, 0.1) is 11.4 Å². The first kappa shape index (κ1) is 22.1. The van der Waals surface area contributed by atoms with Crippen molar-refractivity contribution >= 4 is 39.3 Å². The van der Waals surface area contributed by atoms with Crippen molar-refractivity contribution in [2.24, 2.45) is 0 Å². The fraction of sp³-hybridized carbons (Fsp3) is 0.227. The van der Waals surface area contributed by atoms with E-state index in [1.807, 2.05) is 60.9 Å². The van der Waals surface area contributed by atoms with Crippen LogP contribution in [0.2, 0.25) is 0 Å². The van der Waals surface area contributed by atoms with Crippen LogP contribution in [0.15, 0.2) is 64.7 Å². The third-order valence-corrected chi connectivity index (χ3v) is 5.85. The lowest BCUT2D eigenvalue weighted by atomic mass is 10.2. The smallest absolute Gasteiger partial charge is 0.234 e. The number of aryl methyl sites for hydroxylation is 2. The van der Waals surface area contributed by atoms with E-state index >= 15 is 0 Å². The van der Waals surface area contributed by atoms with Gasteiger partial charge in [-0.25, -0.2) is 0 Å². The number of benzene rings is 2. The predicted octanol–water partition coefficient (Wildman–Crippen LogP) is 5.15. The number of rotatable bonds is 9. The number of thioether (sulfide) groups is 1. The van der Waals surface area contributed by atoms with E-state index in [0.717, 1.165) is 21.5 Å². The molecule has 1 N–H and O–H groups in total. The molecular weight excluding hydrogens is 464 g/mol. The first-order valence-corrected chi connectivity index (χ1v) is 11.2. The molecule has 0 radical (unpaired) electrons. The van der Waals surface area contributed by atoms with Gasteiger partial charge in [0.1, 0.15) is 12.4 Å². The van der Waals surface area contributed by atoms with Gasteiger partial charge in [-0.3, -0.25) is 9.36 Å². The molecule has 0 saturated heterocycles. The van der Waals surface area contributed by atoms with Gasteiger partial charge >= 0.3 is 0 Å². The average molecular weight is 487 g/mol. The molecule has 0 bridgehead atoms. The molecule has 8 heteroatoms. The van der Waals surface area contributed by atoms with Crippen LogP contribution in [-0.4, -0.2) is 26.4 Å². The van der Waals surface area contributed by atoms with E-state index in [1.165, 1.54) is 17.3 Å². The van der Waals surface area contributed by atoms with E-state index in [9.17, 15) is 4.79 Å². The summed E-state index contributed by atoms with van der Waals surface area (Å²) in [5, 5.41) is 12.0. The van der Waals surface area contributed by atoms with E-state index < -0.39 is 0 Å². The second-order valence-corrected chi connectivity index (χ2v) is 8.52. The van der Waals surface area contributed by atoms with Gasteiger partial charge in [0.25, 0.3) is 0 Å². The highest BCUT2D eigenvalue weighted by molar-refractivity contribution is 9.10. The first-order chi connectivity index (χ1) is 14.5. The molecule has 1 aromatic heterocycles. The van der Waals surface area contributed by atoms with Crippen molar-refractivity contribution in [2.75, 3.05) is 11.1 Å². The maximum Gasteiger partial charge on any atom is 0.234 e. The van der Waals surface area contributed by atoms with Gasteiger partial charge in [0, 0.05) is 11.0 Å². The fourth-order valence-corrected chi connectivity index (χ4v) is 4.02. The molecule has 0 aliphatic carbocycles. The maximum atomic E-state index is 12.4. The van der Waals surface area contributed by atoms with Crippen LogP contribution in [0.25, 0.3) is 0 Å². The lowest BCUT2D eigenvalue weighted by Gasteiger charge is -2.10. The molecular formula is C22H23BrN4O2S. The molecule has 0 unspecified atom stereocenters. The fourth-order valence-electron chi connectivity index (χ4n) is 2.67. The number of carbonyl (C=O) groups is 1. The molecule has 0 spiro atoms. The van der Waals surface area contributed by atoms with Gasteiger partial charge in [-0.05, 0) is 59.6 Å². The SMILES string of the molecule is C=CCn1c(COc2ccc(C)cc2)nnc1SCC(=O)Nc1ccc(C)cc1Br. The Bertz CT molecular complexity index is 1030. The zero-order valence-electron chi connectivity index (χ0n) is 16.9. The van der Waals surface area contributed by atoms with Crippen molar-refractivity contribution < 1.29 is 9.53 Å². The van der Waals surface area contributed by atoms with Crippen LogP contribution >= 0.6 is 27.7 Å². The summed E-state index contributed by atoms with van der Waals surface area (Å²) in [5.41, 5.74) is 3.03. The topological polar surface area (TPSA) is 69.0 Å². The van der Waals surface area contributed by atoms with Gasteiger partial charge in [0.2, 0.25) is 5.91 Å². The second kappa shape index (κ2) is 10.4. The third-order valence-electron chi connectivity index (χ3n) is 4.23. The molecule has 0 atom stereocenters. The summed E-state index contributed by atoms with van der Waals surface area (Å²) in [6.45, 7) is 8.65. The molecule has 0 aliphatic rings. The molecule has 1 amide bonds. The number of nitrogens with one attached hydrogen (secondary N) is 1. The van der Waals surface area contributed by atoms with E-state index in [4.69, 9.17) is 4.74 Å². The summed E-state index contributed by atoms with van der Waals surface area (Å²) in [7, 11) is 0. The van der Waals surface area contributed by atoms with E-state index in [2.05, 4.69) is 38.0 Å². The standard InChI is InChI=1S/C22H23BrN4O2S/c1-4-11-27-20(13-29-17-8-5-15(2)6-9-17)25-26-22(27)30-14-21(28)24-19-10-7-16(3)12-18(19)23/h4-10,12H,1,11,13-14H2,2-3H3,(H,24,28). The van der Waals surface area contributed by atoms with Crippen LogP contribution < -0.4 is 10.1 Å². The van der Waals surface area contributed by atoms with Crippen LogP contribution in [0.3, 0.4) is 0 Å². The summed E-state index contributed by atoms with van der Waals surface area (Å²) in [6.07, 6.45) is 1.77. The highest BCUT2D eigenvalue weighted by Crippen LogP contribution is 2.24. The highest BCUT2D eigenvalue weighted by Gasteiger charge is 2.15. The lowest BCUT2D eigenvalue weighted by molar-refractivity contribution is -0.113. The number of hydrogen-bond donors (Lipinski definition) is 1. The van der Waals surface area contributed by atoms with Crippen LogP contribution in [0, 0.1) is 13.8 Å². The normalized spacial score (nSPS) is 10.6. The predicted molar refractivity (Wildman–Crippen MR) is 124 cm³/mol. The van der Waals surface area contributed by atoms with E-state index in [0.29, 0.717) is 17.5 Å². The number of amides is 1. The number of halogens is 1. The largest absolute Gasteiger partial charge is 0.486 e. The number of anilines is 1. The molecule has 1 heterocycles. The van der Waals surface area contributed by atoms with Crippen molar-refractivity contribution in [1.29, 1.82) is 0 Å². The Balaban J connectivity index is 1.61. The maximum absolute atomic E-state index is 12.4. The number of nitrogens with zero attached hydrogens (tertiary/aromatic N) is 3. The van der Waals surface area contributed by atoms with Gasteiger partial charge < -0.3 is 10.1 Å². The minimum Gasteiger partial charge on any atom is -0.486 e. The summed E-state index contributed by atoms with van der Waals surface area (Å²) >= 11 is 4.80. The van der Waals surface area contributed by atoms with Crippen molar-refractivity contribution in [2.45, 2.75) is 32.2 Å². The summed E-state index contributed by atoms with van der Waals surface area (Å²) in [4.78, 5) is 12.4. The van der Waals surface area contributed by atoms with Crippen molar-refractivity contribution in [3.05, 3.63) is 76.5 Å². The average Bonchev–Trinajstić information content (AvgIpc) is 3.10. The number of carbonyl (C=O) groups excluding carboxylic acids is 1. The lowest BCUT2D eigenvalue weighted by Crippen LogP contribution is -2.15. The Labute approximate surface area is 188 Å². The van der Waals surface area contributed by atoms with Gasteiger partial charge in [-0.2, -0.15) is 0 Å². The molecule has 0 saturated carbocycles. The number of hydrogen-bond acceptors (Lipinski definition) is 5. The first-order valence-electron chi connectivity index (χ1n) is 9.37. The Kier molecular flexibility index (Phi) is 7.70. The van der Waals surface area contributed by atoms with E-state index in [-0.39, 0.29) is 18.3 Å². The molecule has 2 aromatic carbocycles. The van der Waals surface area contributed by atoms with Crippen molar-refractivity contribution in [1.82, 2.24) is 14.8 Å². The van der Waals surface area contributed by atoms with E-state index in [1.54, 1.807) is 6.08 Å². The second-order valence-electron chi connectivity index (χ2n) is 6.72. The Morgan fingerprint density at radius 1 is 1.20 bits per heavy atom. The van der Waals surface area contributed by atoms with Crippen LogP contribution in [-0.2, 0) is 17.9 Å². The van der Waals surface area contributed by atoms with Crippen LogP contribution in [0.5, 0.6) is 5.75 Å².